The summed E-state index contributed by atoms with van der Waals surface area (Å²) in [4.78, 5) is 10.8. The van der Waals surface area contributed by atoms with Crippen LogP contribution >= 0.6 is 0 Å². The molecule has 0 aromatic rings. The Morgan fingerprint density at radius 1 is 1.55 bits per heavy atom. The Morgan fingerprint density at radius 2 is 2.27 bits per heavy atom. The van der Waals surface area contributed by atoms with E-state index >= 15 is 0 Å². The van der Waals surface area contributed by atoms with Crippen LogP contribution in [0.2, 0.25) is 0 Å². The van der Waals surface area contributed by atoms with Crippen LogP contribution in [-0.4, -0.2) is 19.1 Å². The predicted molar refractivity (Wildman–Crippen MR) is 41.9 cm³/mol. The van der Waals surface area contributed by atoms with E-state index in [1.54, 1.807) is 7.11 Å². The first-order chi connectivity index (χ1) is 5.24. The number of nitrogens with two attached hydrogens (primary N) is 1. The quantitative estimate of drug-likeness (QED) is 0.640. The highest BCUT2D eigenvalue weighted by atomic mass is 16.5. The van der Waals surface area contributed by atoms with E-state index in [1.807, 2.05) is 0 Å². The van der Waals surface area contributed by atoms with Gasteiger partial charge in [-0.25, -0.2) is 0 Å². The summed E-state index contributed by atoms with van der Waals surface area (Å²) in [5, 5.41) is 0. The van der Waals surface area contributed by atoms with Crippen molar-refractivity contribution in [2.24, 2.45) is 11.7 Å². The minimum Gasteiger partial charge on any atom is -0.381 e. The normalized spacial score (nSPS) is 31.7. The van der Waals surface area contributed by atoms with Gasteiger partial charge in [-0.3, -0.25) is 4.79 Å². The molecule has 0 saturated heterocycles. The molecule has 11 heavy (non-hydrogen) atoms. The number of carbonyl (C=O) groups excluding carboxylic acids is 1. The Morgan fingerprint density at radius 3 is 2.82 bits per heavy atom. The van der Waals surface area contributed by atoms with Gasteiger partial charge in [-0.1, -0.05) is 6.42 Å². The molecule has 0 radical (unpaired) electrons. The zero-order valence-electron chi connectivity index (χ0n) is 6.88. The maximum Gasteiger partial charge on any atom is 0.220 e. The Balaban J connectivity index is 2.39. The van der Waals surface area contributed by atoms with Crippen LogP contribution in [0.3, 0.4) is 0 Å². The Labute approximate surface area is 66.9 Å². The summed E-state index contributed by atoms with van der Waals surface area (Å²) in [6.07, 6.45) is 4.13. The van der Waals surface area contributed by atoms with Crippen molar-refractivity contribution < 1.29 is 9.53 Å². The van der Waals surface area contributed by atoms with Crippen molar-refractivity contribution >= 4 is 5.91 Å². The molecular weight excluding hydrogens is 142 g/mol. The molecular formula is C8H15NO2. The van der Waals surface area contributed by atoms with Crippen molar-refractivity contribution in [1.82, 2.24) is 0 Å². The molecule has 1 aliphatic rings. The van der Waals surface area contributed by atoms with Crippen LogP contribution in [0.15, 0.2) is 0 Å². The Kier molecular flexibility index (Phi) is 2.88. The van der Waals surface area contributed by atoms with Gasteiger partial charge in [0.05, 0.1) is 6.10 Å². The Bertz CT molecular complexity index is 147. The molecule has 1 rings (SSSR count). The second-order valence-electron chi connectivity index (χ2n) is 3.12. The average Bonchev–Trinajstić information content (AvgIpc) is 2.05. The second kappa shape index (κ2) is 3.72. The number of hydrogen-bond donors (Lipinski definition) is 1. The van der Waals surface area contributed by atoms with E-state index in [0.717, 1.165) is 25.7 Å². The molecule has 0 aromatic carbocycles. The summed E-state index contributed by atoms with van der Waals surface area (Å²) >= 11 is 0. The predicted octanol–water partition coefficient (Wildman–Crippen LogP) is 0.677. The van der Waals surface area contributed by atoms with Crippen LogP contribution in [0.5, 0.6) is 0 Å². The van der Waals surface area contributed by atoms with Gasteiger partial charge in [0.1, 0.15) is 0 Å². The van der Waals surface area contributed by atoms with E-state index in [2.05, 4.69) is 0 Å². The largest absolute Gasteiger partial charge is 0.381 e. The third kappa shape index (κ3) is 2.19. The van der Waals surface area contributed by atoms with Gasteiger partial charge in [-0.2, -0.15) is 0 Å². The van der Waals surface area contributed by atoms with Crippen molar-refractivity contribution in [3.05, 3.63) is 0 Å². The van der Waals surface area contributed by atoms with Crippen LogP contribution in [0, 0.1) is 5.92 Å². The number of rotatable bonds is 2. The number of amides is 1. The fraction of sp³-hybridized carbons (Fsp3) is 0.875. The third-order valence-corrected chi connectivity index (χ3v) is 2.36. The monoisotopic (exact) mass is 157 g/mol. The van der Waals surface area contributed by atoms with Gasteiger partial charge in [0, 0.05) is 13.0 Å². The van der Waals surface area contributed by atoms with Crippen molar-refractivity contribution in [1.29, 1.82) is 0 Å². The van der Waals surface area contributed by atoms with Crippen molar-refractivity contribution in [2.75, 3.05) is 7.11 Å². The molecule has 1 amide bonds. The summed E-state index contributed by atoms with van der Waals surface area (Å²) in [5.41, 5.74) is 5.19. The topological polar surface area (TPSA) is 52.3 Å². The Hall–Kier alpha value is -0.570. The van der Waals surface area contributed by atoms with E-state index in [4.69, 9.17) is 10.5 Å². The molecule has 0 aliphatic heterocycles. The molecule has 0 bridgehead atoms. The van der Waals surface area contributed by atoms with E-state index in [1.165, 1.54) is 0 Å². The lowest BCUT2D eigenvalue weighted by molar-refractivity contribution is -0.124. The van der Waals surface area contributed by atoms with Gasteiger partial charge in [0.2, 0.25) is 5.91 Å². The summed E-state index contributed by atoms with van der Waals surface area (Å²) in [5.74, 6) is -0.125. The number of ether oxygens (including phenoxy) is 1. The number of primary amides is 1. The van der Waals surface area contributed by atoms with Crippen molar-refractivity contribution in [3.8, 4) is 0 Å². The molecule has 1 aliphatic carbocycles. The highest BCUT2D eigenvalue weighted by Gasteiger charge is 2.24. The average molecular weight is 157 g/mol. The SMILES string of the molecule is COC1CCCC(C(N)=O)C1. The van der Waals surface area contributed by atoms with Crippen LogP contribution in [0.4, 0.5) is 0 Å². The second-order valence-corrected chi connectivity index (χ2v) is 3.12. The maximum absolute atomic E-state index is 10.8. The minimum absolute atomic E-state index is 0.0497. The molecule has 3 heteroatoms. The third-order valence-electron chi connectivity index (χ3n) is 2.36. The fourth-order valence-corrected chi connectivity index (χ4v) is 1.62. The van der Waals surface area contributed by atoms with Crippen LogP contribution in [-0.2, 0) is 9.53 Å². The summed E-state index contributed by atoms with van der Waals surface area (Å²) in [7, 11) is 1.69. The van der Waals surface area contributed by atoms with Gasteiger partial charge in [-0.15, -0.1) is 0 Å². The highest BCUT2D eigenvalue weighted by molar-refractivity contribution is 5.76. The smallest absolute Gasteiger partial charge is 0.220 e. The van der Waals surface area contributed by atoms with Crippen LogP contribution in [0.25, 0.3) is 0 Å². The first kappa shape index (κ1) is 8.53. The van der Waals surface area contributed by atoms with Gasteiger partial charge in [-0.05, 0) is 19.3 Å². The molecule has 2 unspecified atom stereocenters. The summed E-state index contributed by atoms with van der Waals surface area (Å²) in [6, 6.07) is 0. The number of hydrogen-bond acceptors (Lipinski definition) is 2. The fourth-order valence-electron chi connectivity index (χ4n) is 1.62. The number of carbonyl (C=O) groups is 1. The van der Waals surface area contributed by atoms with Gasteiger partial charge in [0.15, 0.2) is 0 Å². The first-order valence-electron chi connectivity index (χ1n) is 4.06. The molecule has 64 valence electrons. The zero-order chi connectivity index (χ0) is 8.27. The van der Waals surface area contributed by atoms with Crippen molar-refractivity contribution in [3.63, 3.8) is 0 Å². The van der Waals surface area contributed by atoms with Crippen LogP contribution in [0.1, 0.15) is 25.7 Å². The zero-order valence-corrected chi connectivity index (χ0v) is 6.88. The molecule has 1 saturated carbocycles. The van der Waals surface area contributed by atoms with Crippen LogP contribution < -0.4 is 5.73 Å². The number of methoxy groups -OCH3 is 1. The maximum atomic E-state index is 10.8. The molecule has 3 nitrogen and oxygen atoms in total. The lowest BCUT2D eigenvalue weighted by Gasteiger charge is -2.25. The molecule has 0 aromatic heterocycles. The van der Waals surface area contributed by atoms with Gasteiger partial charge >= 0.3 is 0 Å². The van der Waals surface area contributed by atoms with E-state index in [0.29, 0.717) is 0 Å². The summed E-state index contributed by atoms with van der Waals surface area (Å²) < 4.78 is 5.16. The highest BCUT2D eigenvalue weighted by Crippen LogP contribution is 2.25. The molecule has 0 spiro atoms. The molecule has 1 fully saturated rings. The van der Waals surface area contributed by atoms with Gasteiger partial charge < -0.3 is 10.5 Å². The van der Waals surface area contributed by atoms with E-state index in [9.17, 15) is 4.79 Å². The standard InChI is InChI=1S/C8H15NO2/c1-11-7-4-2-3-6(5-7)8(9)10/h6-7H,2-5H2,1H3,(H2,9,10). The molecule has 2 N–H and O–H groups in total. The lowest BCUT2D eigenvalue weighted by Crippen LogP contribution is -2.31. The van der Waals surface area contributed by atoms with E-state index < -0.39 is 0 Å². The first-order valence-corrected chi connectivity index (χ1v) is 4.06. The molecule has 0 heterocycles. The molecule has 2 atom stereocenters. The van der Waals surface area contributed by atoms with Gasteiger partial charge in [0.25, 0.3) is 0 Å². The summed E-state index contributed by atoms with van der Waals surface area (Å²) in [6.45, 7) is 0. The van der Waals surface area contributed by atoms with E-state index in [-0.39, 0.29) is 17.9 Å². The van der Waals surface area contributed by atoms with Crippen molar-refractivity contribution in [2.45, 2.75) is 31.8 Å². The minimum atomic E-state index is -0.174. The lowest BCUT2D eigenvalue weighted by atomic mass is 9.87.